The fourth-order valence-corrected chi connectivity index (χ4v) is 5.02. The molecule has 4 N–H and O–H groups in total. The molecule has 2 aliphatic rings. The second kappa shape index (κ2) is 8.46. The molecule has 0 aliphatic carbocycles. The van der Waals surface area contributed by atoms with Crippen molar-refractivity contribution < 1.29 is 24.3 Å². The Labute approximate surface area is 175 Å². The molecule has 0 bridgehead atoms. The summed E-state index contributed by atoms with van der Waals surface area (Å²) in [5.41, 5.74) is 5.60. The Kier molecular flexibility index (Phi) is 6.72. The minimum Gasteiger partial charge on any atom is -0.477 e. The molecule has 1 aromatic rings. The topological polar surface area (TPSA) is 147 Å². The lowest BCUT2D eigenvalue weighted by Crippen LogP contribution is -2.70. The predicted octanol–water partition coefficient (Wildman–Crippen LogP) is 0.629. The number of carbonyl (C=O) groups excluding carboxylic acids is 2. The number of halogens is 2. The summed E-state index contributed by atoms with van der Waals surface area (Å²) in [5.74, 6) is -1.94. The number of thiazole rings is 1. The molecule has 2 amide bonds. The summed E-state index contributed by atoms with van der Waals surface area (Å²) in [6.45, 7) is 0. The Morgan fingerprint density at radius 2 is 2.26 bits per heavy atom. The van der Waals surface area contributed by atoms with E-state index >= 15 is 0 Å². The van der Waals surface area contributed by atoms with Gasteiger partial charge in [0.15, 0.2) is 10.8 Å². The lowest BCUT2D eigenvalue weighted by molar-refractivity contribution is -0.150. The summed E-state index contributed by atoms with van der Waals surface area (Å²) in [6.07, 6.45) is 1.46. The number of carboxylic acids is 1. The SMILES string of the molecule is CO/N=C(\C(=O)NC1C(=O)N2C(C(=O)O)=CCS[C@H]12)c1nc(N)sc1Br.Cl. The number of fused-ring (bicyclic) bond motifs is 1. The number of carbonyl (C=O) groups is 3. The largest absolute Gasteiger partial charge is 0.477 e. The maximum atomic E-state index is 12.6. The number of β-lactam (4-membered cyclic amide) rings is 1. The third-order valence-electron chi connectivity index (χ3n) is 3.58. The van der Waals surface area contributed by atoms with Gasteiger partial charge in [-0.1, -0.05) is 16.5 Å². The Balaban J connectivity index is 0.00000261. The van der Waals surface area contributed by atoms with Crippen LogP contribution in [-0.2, 0) is 19.2 Å². The van der Waals surface area contributed by atoms with Gasteiger partial charge in [0, 0.05) is 5.75 Å². The van der Waals surface area contributed by atoms with E-state index in [1.54, 1.807) is 0 Å². The highest BCUT2D eigenvalue weighted by Gasteiger charge is 2.53. The van der Waals surface area contributed by atoms with Crippen LogP contribution >= 0.6 is 51.4 Å². The molecule has 1 aromatic heterocycles. The van der Waals surface area contributed by atoms with E-state index in [0.717, 1.165) is 16.2 Å². The van der Waals surface area contributed by atoms with Crippen LogP contribution in [0.1, 0.15) is 5.69 Å². The molecule has 14 heteroatoms. The Bertz CT molecular complexity index is 860. The summed E-state index contributed by atoms with van der Waals surface area (Å²) in [5, 5.41) is 15.2. The fraction of sp³-hybridized carbons (Fsp3) is 0.308. The van der Waals surface area contributed by atoms with Gasteiger partial charge >= 0.3 is 5.97 Å². The molecule has 146 valence electrons. The maximum Gasteiger partial charge on any atom is 0.352 e. The van der Waals surface area contributed by atoms with Gasteiger partial charge in [0.25, 0.3) is 11.8 Å². The Hall–Kier alpha value is -1.83. The number of nitrogens with one attached hydrogen (secondary N) is 1. The van der Waals surface area contributed by atoms with E-state index in [2.05, 4.69) is 31.4 Å². The zero-order valence-corrected chi connectivity index (χ0v) is 17.6. The molecule has 3 rings (SSSR count). The van der Waals surface area contributed by atoms with E-state index in [4.69, 9.17) is 15.7 Å². The normalized spacial score (nSPS) is 21.4. The molecule has 1 saturated heterocycles. The van der Waals surface area contributed by atoms with E-state index in [1.807, 2.05) is 0 Å². The molecule has 0 radical (unpaired) electrons. The number of hydrogen-bond acceptors (Lipinski definition) is 9. The van der Waals surface area contributed by atoms with Crippen LogP contribution in [0, 0.1) is 0 Å². The van der Waals surface area contributed by atoms with Gasteiger partial charge in [0.2, 0.25) is 0 Å². The fourth-order valence-electron chi connectivity index (χ4n) is 2.49. The van der Waals surface area contributed by atoms with Crippen molar-refractivity contribution in [3.63, 3.8) is 0 Å². The molecule has 2 atom stereocenters. The van der Waals surface area contributed by atoms with Gasteiger partial charge < -0.3 is 21.0 Å². The van der Waals surface area contributed by atoms with Gasteiger partial charge in [0.1, 0.15) is 33.7 Å². The minimum atomic E-state index is -1.18. The standard InChI is InChI=1S/C13H12BrN5O5S2.ClH/c1-24-18-6(5-8(14)26-13(15)17-5)9(20)16-7-10(21)19-4(12(22)23)2-3-25-11(7)19;/h2,7,11H,3H2,1H3,(H2,15,17)(H,16,20)(H,22,23);1H/b18-6-;/t7?,11-;/m1./s1. The summed E-state index contributed by atoms with van der Waals surface area (Å²) in [7, 11) is 1.27. The maximum absolute atomic E-state index is 12.6. The first-order valence-electron chi connectivity index (χ1n) is 7.07. The molecule has 0 saturated carbocycles. The number of aromatic nitrogens is 1. The molecule has 10 nitrogen and oxygen atoms in total. The minimum absolute atomic E-state index is 0. The van der Waals surface area contributed by atoms with E-state index in [1.165, 1.54) is 24.9 Å². The van der Waals surface area contributed by atoms with Gasteiger partial charge in [-0.05, 0) is 22.0 Å². The number of thioether (sulfide) groups is 1. The van der Waals surface area contributed by atoms with E-state index in [0.29, 0.717) is 9.54 Å². The van der Waals surface area contributed by atoms with Gasteiger partial charge in [-0.25, -0.2) is 9.78 Å². The third kappa shape index (κ3) is 3.90. The zero-order chi connectivity index (χ0) is 19.0. The van der Waals surface area contributed by atoms with E-state index in [-0.39, 0.29) is 34.6 Å². The van der Waals surface area contributed by atoms with Crippen molar-refractivity contribution in [3.05, 3.63) is 21.3 Å². The summed E-state index contributed by atoms with van der Waals surface area (Å²) >= 11 is 5.72. The van der Waals surface area contributed by atoms with Crippen LogP contribution in [0.3, 0.4) is 0 Å². The smallest absolute Gasteiger partial charge is 0.352 e. The van der Waals surface area contributed by atoms with Crippen molar-refractivity contribution in [2.75, 3.05) is 18.6 Å². The van der Waals surface area contributed by atoms with Crippen molar-refractivity contribution in [2.24, 2.45) is 5.16 Å². The number of hydrogen-bond donors (Lipinski definition) is 3. The molecule has 2 aliphatic heterocycles. The van der Waals surface area contributed by atoms with Crippen LogP contribution in [-0.4, -0.2) is 62.8 Å². The van der Waals surface area contributed by atoms with E-state index < -0.39 is 29.2 Å². The van der Waals surface area contributed by atoms with Crippen molar-refractivity contribution in [2.45, 2.75) is 11.4 Å². The monoisotopic (exact) mass is 497 g/mol. The second-order valence-electron chi connectivity index (χ2n) is 5.07. The number of nitrogens with zero attached hydrogens (tertiary/aromatic N) is 3. The molecular weight excluding hydrogens is 486 g/mol. The zero-order valence-electron chi connectivity index (χ0n) is 13.5. The van der Waals surface area contributed by atoms with Crippen LogP contribution < -0.4 is 11.1 Å². The van der Waals surface area contributed by atoms with Crippen molar-refractivity contribution >= 4 is 80.1 Å². The highest BCUT2D eigenvalue weighted by Crippen LogP contribution is 2.37. The Morgan fingerprint density at radius 1 is 1.56 bits per heavy atom. The van der Waals surface area contributed by atoms with Crippen LogP contribution in [0.2, 0.25) is 0 Å². The van der Waals surface area contributed by atoms with Crippen molar-refractivity contribution in [1.82, 2.24) is 15.2 Å². The number of carboxylic acid groups (broad SMARTS) is 1. The van der Waals surface area contributed by atoms with Crippen molar-refractivity contribution in [3.8, 4) is 0 Å². The number of nitrogen functional groups attached to an aromatic ring is 1. The highest BCUT2D eigenvalue weighted by molar-refractivity contribution is 9.11. The van der Waals surface area contributed by atoms with Crippen molar-refractivity contribution in [1.29, 1.82) is 0 Å². The molecule has 3 heterocycles. The Morgan fingerprint density at radius 3 is 2.81 bits per heavy atom. The quantitative estimate of drug-likeness (QED) is 0.304. The molecular formula is C13H13BrClN5O5S2. The van der Waals surface area contributed by atoms with Gasteiger partial charge in [-0.15, -0.1) is 24.2 Å². The lowest BCUT2D eigenvalue weighted by Gasteiger charge is -2.48. The van der Waals surface area contributed by atoms with Gasteiger partial charge in [-0.3, -0.25) is 14.5 Å². The molecule has 27 heavy (non-hydrogen) atoms. The summed E-state index contributed by atoms with van der Waals surface area (Å²) < 4.78 is 0.491. The van der Waals surface area contributed by atoms with Gasteiger partial charge in [-0.2, -0.15) is 0 Å². The van der Waals surface area contributed by atoms with Crippen LogP contribution in [0.25, 0.3) is 0 Å². The van der Waals surface area contributed by atoms with Gasteiger partial charge in [0.05, 0.1) is 0 Å². The summed E-state index contributed by atoms with van der Waals surface area (Å²) in [4.78, 5) is 46.0. The van der Waals surface area contributed by atoms with E-state index in [9.17, 15) is 14.4 Å². The van der Waals surface area contributed by atoms with Crippen LogP contribution in [0.15, 0.2) is 20.7 Å². The van der Waals surface area contributed by atoms with Crippen LogP contribution in [0.4, 0.5) is 5.13 Å². The summed E-state index contributed by atoms with van der Waals surface area (Å²) in [6, 6.07) is -0.868. The number of anilines is 1. The first-order valence-corrected chi connectivity index (χ1v) is 9.73. The molecule has 1 fully saturated rings. The number of amides is 2. The number of nitrogens with two attached hydrogens (primary N) is 1. The first kappa shape index (κ1) is 21.5. The average Bonchev–Trinajstić information content (AvgIpc) is 2.94. The first-order chi connectivity index (χ1) is 12.3. The number of aliphatic carboxylic acids is 1. The number of oxime groups is 1. The number of rotatable bonds is 5. The van der Waals surface area contributed by atoms with Crippen LogP contribution in [0.5, 0.6) is 0 Å². The second-order valence-corrected chi connectivity index (χ2v) is 8.57. The highest BCUT2D eigenvalue weighted by atomic mass is 79.9. The predicted molar refractivity (Wildman–Crippen MR) is 106 cm³/mol. The molecule has 1 unspecified atom stereocenters. The lowest BCUT2D eigenvalue weighted by atomic mass is 10.0. The third-order valence-corrected chi connectivity index (χ3v) is 6.29. The average molecular weight is 499 g/mol. The molecule has 0 aromatic carbocycles. The molecule has 0 spiro atoms.